The van der Waals surface area contributed by atoms with Crippen LogP contribution in [-0.4, -0.2) is 23.5 Å². The maximum atomic E-state index is 8.83. The van der Waals surface area contributed by atoms with Gasteiger partial charge in [0.05, 0.1) is 12.7 Å². The average Bonchev–Trinajstić information content (AvgIpc) is 1.59. The van der Waals surface area contributed by atoms with Gasteiger partial charge in [-0.05, 0) is 27.2 Å². The van der Waals surface area contributed by atoms with Crippen LogP contribution >= 0.6 is 0 Å². The summed E-state index contributed by atoms with van der Waals surface area (Å²) in [4.78, 5) is 0. The molecule has 0 aromatic carbocycles. The van der Waals surface area contributed by atoms with Crippen LogP contribution in [-0.2, 0) is 4.74 Å². The van der Waals surface area contributed by atoms with Crippen molar-refractivity contribution in [2.45, 2.75) is 39.0 Å². The summed E-state index contributed by atoms with van der Waals surface area (Å²) in [5, 5.41) is 8.83. The van der Waals surface area contributed by atoms with Gasteiger partial charge in [0.25, 0.3) is 0 Å². The summed E-state index contributed by atoms with van der Waals surface area (Å²) in [6.45, 7) is 5.82. The molecule has 0 saturated heterocycles. The standard InChI is InChI=1S/C7H17NO2/c1-6(9)4-5-10-7(2,3)8/h6,9H,4-5,8H2,1-3H3. The molecular weight excluding hydrogens is 130 g/mol. The zero-order valence-electron chi connectivity index (χ0n) is 6.92. The van der Waals surface area contributed by atoms with E-state index in [4.69, 9.17) is 15.6 Å². The zero-order chi connectivity index (χ0) is 8.20. The minimum Gasteiger partial charge on any atom is -0.393 e. The van der Waals surface area contributed by atoms with Gasteiger partial charge in [0.15, 0.2) is 0 Å². The summed E-state index contributed by atoms with van der Waals surface area (Å²) < 4.78 is 5.16. The summed E-state index contributed by atoms with van der Waals surface area (Å²) in [5.41, 5.74) is 4.94. The van der Waals surface area contributed by atoms with E-state index in [9.17, 15) is 0 Å². The molecule has 0 bridgehead atoms. The van der Waals surface area contributed by atoms with Crippen molar-refractivity contribution < 1.29 is 9.84 Å². The van der Waals surface area contributed by atoms with Gasteiger partial charge < -0.3 is 15.6 Å². The van der Waals surface area contributed by atoms with Crippen molar-refractivity contribution in [2.75, 3.05) is 6.61 Å². The molecule has 0 fully saturated rings. The molecule has 3 heteroatoms. The summed E-state index contributed by atoms with van der Waals surface area (Å²) in [5.74, 6) is 0. The Morgan fingerprint density at radius 1 is 1.60 bits per heavy atom. The third-order valence-electron chi connectivity index (χ3n) is 1.01. The molecule has 0 saturated carbocycles. The lowest BCUT2D eigenvalue weighted by Gasteiger charge is -2.19. The summed E-state index contributed by atoms with van der Waals surface area (Å²) >= 11 is 0. The number of ether oxygens (including phenoxy) is 1. The third-order valence-corrected chi connectivity index (χ3v) is 1.01. The summed E-state index contributed by atoms with van der Waals surface area (Å²) in [6.07, 6.45) is 0.336. The molecule has 3 N–H and O–H groups in total. The Kier molecular flexibility index (Phi) is 3.86. The highest BCUT2D eigenvalue weighted by atomic mass is 16.5. The quantitative estimate of drug-likeness (QED) is 0.568. The van der Waals surface area contributed by atoms with Crippen molar-refractivity contribution in [2.24, 2.45) is 5.73 Å². The highest BCUT2D eigenvalue weighted by Gasteiger charge is 2.09. The van der Waals surface area contributed by atoms with E-state index in [1.54, 1.807) is 20.8 Å². The molecule has 0 spiro atoms. The van der Waals surface area contributed by atoms with Crippen LogP contribution in [0.5, 0.6) is 0 Å². The largest absolute Gasteiger partial charge is 0.393 e. The van der Waals surface area contributed by atoms with Gasteiger partial charge in [0, 0.05) is 0 Å². The van der Waals surface area contributed by atoms with E-state index in [0.717, 1.165) is 0 Å². The maximum absolute atomic E-state index is 8.83. The number of nitrogens with two attached hydrogens (primary N) is 1. The highest BCUT2D eigenvalue weighted by Crippen LogP contribution is 2.00. The topological polar surface area (TPSA) is 55.5 Å². The van der Waals surface area contributed by atoms with Gasteiger partial charge in [-0.3, -0.25) is 0 Å². The minimum atomic E-state index is -0.575. The second-order valence-electron chi connectivity index (χ2n) is 3.09. The van der Waals surface area contributed by atoms with Gasteiger partial charge in [0.1, 0.15) is 5.72 Å². The molecule has 0 heterocycles. The lowest BCUT2D eigenvalue weighted by Crippen LogP contribution is -2.36. The fraction of sp³-hybridized carbons (Fsp3) is 1.00. The molecule has 0 rings (SSSR count). The lowest BCUT2D eigenvalue weighted by atomic mass is 10.3. The van der Waals surface area contributed by atoms with Crippen LogP contribution in [0, 0.1) is 0 Å². The Balaban J connectivity index is 3.21. The fourth-order valence-corrected chi connectivity index (χ4v) is 0.493. The van der Waals surface area contributed by atoms with Gasteiger partial charge in [0.2, 0.25) is 0 Å². The Morgan fingerprint density at radius 2 is 2.10 bits per heavy atom. The second kappa shape index (κ2) is 3.91. The first-order valence-electron chi connectivity index (χ1n) is 3.53. The highest BCUT2D eigenvalue weighted by molar-refractivity contribution is 4.56. The van der Waals surface area contributed by atoms with Crippen LogP contribution < -0.4 is 5.73 Å². The smallest absolute Gasteiger partial charge is 0.111 e. The molecule has 0 aliphatic rings. The monoisotopic (exact) mass is 147 g/mol. The van der Waals surface area contributed by atoms with Crippen LogP contribution in [0.1, 0.15) is 27.2 Å². The van der Waals surface area contributed by atoms with Crippen molar-refractivity contribution in [1.82, 2.24) is 0 Å². The SMILES string of the molecule is CC(O)CCOC(C)(C)N. The third kappa shape index (κ3) is 7.88. The molecule has 0 radical (unpaired) electrons. The molecule has 0 aliphatic carbocycles. The Morgan fingerprint density at radius 3 is 2.40 bits per heavy atom. The molecule has 0 aliphatic heterocycles. The van der Waals surface area contributed by atoms with Gasteiger partial charge in [-0.15, -0.1) is 0 Å². The van der Waals surface area contributed by atoms with E-state index in [0.29, 0.717) is 13.0 Å². The van der Waals surface area contributed by atoms with Crippen LogP contribution in [0.2, 0.25) is 0 Å². The van der Waals surface area contributed by atoms with Crippen LogP contribution in [0.25, 0.3) is 0 Å². The van der Waals surface area contributed by atoms with E-state index < -0.39 is 5.72 Å². The lowest BCUT2D eigenvalue weighted by molar-refractivity contribution is -0.0248. The van der Waals surface area contributed by atoms with Crippen molar-refractivity contribution in [3.05, 3.63) is 0 Å². The van der Waals surface area contributed by atoms with Crippen LogP contribution in [0.15, 0.2) is 0 Å². The first-order chi connectivity index (χ1) is 4.42. The first-order valence-corrected chi connectivity index (χ1v) is 3.53. The van der Waals surface area contributed by atoms with E-state index >= 15 is 0 Å². The van der Waals surface area contributed by atoms with Gasteiger partial charge in [-0.1, -0.05) is 0 Å². The van der Waals surface area contributed by atoms with Crippen molar-refractivity contribution in [3.8, 4) is 0 Å². The molecule has 10 heavy (non-hydrogen) atoms. The van der Waals surface area contributed by atoms with Gasteiger partial charge in [-0.25, -0.2) is 0 Å². The van der Waals surface area contributed by atoms with Crippen LogP contribution in [0.3, 0.4) is 0 Å². The van der Waals surface area contributed by atoms with Crippen molar-refractivity contribution in [1.29, 1.82) is 0 Å². The Hall–Kier alpha value is -0.120. The van der Waals surface area contributed by atoms with Crippen molar-refractivity contribution in [3.63, 3.8) is 0 Å². The molecule has 1 atom stereocenters. The zero-order valence-corrected chi connectivity index (χ0v) is 6.92. The molecule has 0 aromatic heterocycles. The van der Waals surface area contributed by atoms with Gasteiger partial charge in [-0.2, -0.15) is 0 Å². The molecular formula is C7H17NO2. The number of hydrogen-bond donors (Lipinski definition) is 2. The predicted molar refractivity (Wildman–Crippen MR) is 40.5 cm³/mol. The molecule has 3 nitrogen and oxygen atoms in total. The number of hydrogen-bond acceptors (Lipinski definition) is 3. The van der Waals surface area contributed by atoms with Crippen molar-refractivity contribution >= 4 is 0 Å². The van der Waals surface area contributed by atoms with Gasteiger partial charge >= 0.3 is 0 Å². The van der Waals surface area contributed by atoms with E-state index in [-0.39, 0.29) is 6.10 Å². The number of aliphatic hydroxyl groups is 1. The van der Waals surface area contributed by atoms with E-state index in [1.807, 2.05) is 0 Å². The minimum absolute atomic E-state index is 0.303. The fourth-order valence-electron chi connectivity index (χ4n) is 0.493. The number of aliphatic hydroxyl groups excluding tert-OH is 1. The Labute approximate surface area is 62.2 Å². The van der Waals surface area contributed by atoms with E-state index in [2.05, 4.69) is 0 Å². The average molecular weight is 147 g/mol. The molecule has 1 unspecified atom stereocenters. The first kappa shape index (κ1) is 9.88. The molecule has 62 valence electrons. The van der Waals surface area contributed by atoms with Crippen LogP contribution in [0.4, 0.5) is 0 Å². The summed E-state index contributed by atoms with van der Waals surface area (Å²) in [7, 11) is 0. The molecule has 0 aromatic rings. The summed E-state index contributed by atoms with van der Waals surface area (Å²) in [6, 6.07) is 0. The Bertz CT molecular complexity index is 86.1. The maximum Gasteiger partial charge on any atom is 0.111 e. The normalized spacial score (nSPS) is 15.3. The van der Waals surface area contributed by atoms with E-state index in [1.165, 1.54) is 0 Å². The molecule has 0 amide bonds. The number of rotatable bonds is 4. The second-order valence-corrected chi connectivity index (χ2v) is 3.09. The predicted octanol–water partition coefficient (Wildman–Crippen LogP) is 0.469.